The highest BCUT2D eigenvalue weighted by Gasteiger charge is 2.11. The van der Waals surface area contributed by atoms with E-state index in [0.29, 0.717) is 5.92 Å². The SMILES string of the molecule is O=C/C(F)=C/C1CCCCC1. The number of allylic oxidation sites excluding steroid dienone is 2. The molecule has 1 fully saturated rings. The molecule has 1 saturated carbocycles. The molecule has 0 saturated heterocycles. The summed E-state index contributed by atoms with van der Waals surface area (Å²) in [5.41, 5.74) is 0. The monoisotopic (exact) mass is 156 g/mol. The van der Waals surface area contributed by atoms with Crippen LogP contribution in [0.25, 0.3) is 0 Å². The number of carbonyl (C=O) groups is 1. The van der Waals surface area contributed by atoms with Crippen molar-refractivity contribution in [1.82, 2.24) is 0 Å². The number of carbonyl (C=O) groups excluding carboxylic acids is 1. The molecule has 1 nitrogen and oxygen atoms in total. The van der Waals surface area contributed by atoms with E-state index in [4.69, 9.17) is 0 Å². The minimum Gasteiger partial charge on any atom is -0.295 e. The topological polar surface area (TPSA) is 17.1 Å². The first-order valence-electron chi connectivity index (χ1n) is 4.15. The van der Waals surface area contributed by atoms with E-state index in [-0.39, 0.29) is 6.29 Å². The van der Waals surface area contributed by atoms with Crippen LogP contribution in [0.1, 0.15) is 32.1 Å². The van der Waals surface area contributed by atoms with Crippen molar-refractivity contribution in [1.29, 1.82) is 0 Å². The van der Waals surface area contributed by atoms with Crippen LogP contribution in [0.2, 0.25) is 0 Å². The van der Waals surface area contributed by atoms with E-state index in [1.165, 1.54) is 25.3 Å². The van der Waals surface area contributed by atoms with Crippen molar-refractivity contribution < 1.29 is 9.18 Å². The zero-order chi connectivity index (χ0) is 8.10. The molecule has 0 bridgehead atoms. The fourth-order valence-electron chi connectivity index (χ4n) is 1.57. The van der Waals surface area contributed by atoms with Gasteiger partial charge < -0.3 is 0 Å². The fraction of sp³-hybridized carbons (Fsp3) is 0.667. The van der Waals surface area contributed by atoms with Gasteiger partial charge in [0.2, 0.25) is 0 Å². The van der Waals surface area contributed by atoms with Gasteiger partial charge in [0.15, 0.2) is 12.1 Å². The molecular formula is C9H13FO. The van der Waals surface area contributed by atoms with E-state index in [1.54, 1.807) is 0 Å². The van der Waals surface area contributed by atoms with Gasteiger partial charge in [-0.2, -0.15) is 0 Å². The molecule has 0 atom stereocenters. The van der Waals surface area contributed by atoms with Gasteiger partial charge in [-0.1, -0.05) is 19.3 Å². The maximum absolute atomic E-state index is 12.4. The molecule has 0 radical (unpaired) electrons. The molecule has 0 unspecified atom stereocenters. The molecule has 1 aliphatic rings. The van der Waals surface area contributed by atoms with Gasteiger partial charge in [-0.25, -0.2) is 4.39 Å². The summed E-state index contributed by atoms with van der Waals surface area (Å²) in [5, 5.41) is 0. The third-order valence-electron chi connectivity index (χ3n) is 2.16. The molecule has 2 heteroatoms. The van der Waals surface area contributed by atoms with Crippen molar-refractivity contribution in [3.8, 4) is 0 Å². The van der Waals surface area contributed by atoms with Gasteiger partial charge in [-0.15, -0.1) is 0 Å². The fourth-order valence-corrected chi connectivity index (χ4v) is 1.57. The van der Waals surface area contributed by atoms with Crippen LogP contribution < -0.4 is 0 Å². The summed E-state index contributed by atoms with van der Waals surface area (Å²) >= 11 is 0. The molecule has 1 aliphatic carbocycles. The first-order valence-corrected chi connectivity index (χ1v) is 4.15. The molecule has 0 aliphatic heterocycles. The molecule has 11 heavy (non-hydrogen) atoms. The maximum atomic E-state index is 12.4. The Hall–Kier alpha value is -0.660. The third-order valence-corrected chi connectivity index (χ3v) is 2.16. The van der Waals surface area contributed by atoms with Crippen molar-refractivity contribution in [3.63, 3.8) is 0 Å². The second-order valence-corrected chi connectivity index (χ2v) is 3.07. The minimum atomic E-state index is -0.600. The van der Waals surface area contributed by atoms with E-state index >= 15 is 0 Å². The average Bonchev–Trinajstić information content (AvgIpc) is 2.06. The highest BCUT2D eigenvalue weighted by Crippen LogP contribution is 2.25. The van der Waals surface area contributed by atoms with Crippen LogP contribution in [-0.2, 0) is 4.79 Å². The Kier molecular flexibility index (Phi) is 3.27. The zero-order valence-electron chi connectivity index (χ0n) is 6.55. The number of hydrogen-bond acceptors (Lipinski definition) is 1. The normalized spacial score (nSPS) is 21.7. The Labute approximate surface area is 66.3 Å². The van der Waals surface area contributed by atoms with E-state index in [9.17, 15) is 9.18 Å². The lowest BCUT2D eigenvalue weighted by Gasteiger charge is -2.17. The third kappa shape index (κ3) is 2.83. The molecule has 0 aromatic heterocycles. The van der Waals surface area contributed by atoms with Crippen LogP contribution in [0.5, 0.6) is 0 Å². The van der Waals surface area contributed by atoms with Crippen molar-refractivity contribution in [2.45, 2.75) is 32.1 Å². The molecule has 0 N–H and O–H groups in total. The van der Waals surface area contributed by atoms with Crippen LogP contribution in [0.15, 0.2) is 11.9 Å². The number of rotatable bonds is 2. The first kappa shape index (κ1) is 8.44. The predicted octanol–water partition coefficient (Wildman–Crippen LogP) is 2.62. The van der Waals surface area contributed by atoms with Crippen molar-refractivity contribution in [2.24, 2.45) is 5.92 Å². The summed E-state index contributed by atoms with van der Waals surface area (Å²) in [6, 6.07) is 0. The molecule has 62 valence electrons. The maximum Gasteiger partial charge on any atom is 0.178 e. The molecule has 0 amide bonds. The molecule has 0 spiro atoms. The van der Waals surface area contributed by atoms with Gasteiger partial charge in [0.05, 0.1) is 0 Å². The number of halogens is 1. The largest absolute Gasteiger partial charge is 0.295 e. The number of aldehydes is 1. The van der Waals surface area contributed by atoms with Crippen LogP contribution in [0, 0.1) is 5.92 Å². The van der Waals surface area contributed by atoms with Crippen LogP contribution in [0.4, 0.5) is 4.39 Å². The average molecular weight is 156 g/mol. The summed E-state index contributed by atoms with van der Waals surface area (Å²) in [6.45, 7) is 0. The summed E-state index contributed by atoms with van der Waals surface area (Å²) in [6.07, 6.45) is 7.44. The second kappa shape index (κ2) is 4.27. The number of hydrogen-bond donors (Lipinski definition) is 0. The quantitative estimate of drug-likeness (QED) is 0.443. The van der Waals surface area contributed by atoms with Gasteiger partial charge >= 0.3 is 0 Å². The second-order valence-electron chi connectivity index (χ2n) is 3.07. The van der Waals surface area contributed by atoms with E-state index in [0.717, 1.165) is 12.8 Å². The smallest absolute Gasteiger partial charge is 0.178 e. The highest BCUT2D eigenvalue weighted by molar-refractivity contribution is 5.69. The van der Waals surface area contributed by atoms with Crippen molar-refractivity contribution >= 4 is 6.29 Å². The predicted molar refractivity (Wildman–Crippen MR) is 41.8 cm³/mol. The van der Waals surface area contributed by atoms with Gasteiger partial charge in [-0.05, 0) is 24.8 Å². The lowest BCUT2D eigenvalue weighted by Crippen LogP contribution is -2.03. The Balaban J connectivity index is 2.40. The summed E-state index contributed by atoms with van der Waals surface area (Å²) in [7, 11) is 0. The summed E-state index contributed by atoms with van der Waals surface area (Å²) in [5.74, 6) is -0.286. The Morgan fingerprint density at radius 1 is 1.27 bits per heavy atom. The molecular weight excluding hydrogens is 143 g/mol. The van der Waals surface area contributed by atoms with Crippen molar-refractivity contribution in [2.75, 3.05) is 0 Å². The minimum absolute atomic E-state index is 0.286. The molecule has 1 rings (SSSR count). The van der Waals surface area contributed by atoms with Gasteiger partial charge in [0, 0.05) is 0 Å². The zero-order valence-corrected chi connectivity index (χ0v) is 6.55. The summed E-state index contributed by atoms with van der Waals surface area (Å²) in [4.78, 5) is 9.94. The van der Waals surface area contributed by atoms with Crippen molar-refractivity contribution in [3.05, 3.63) is 11.9 Å². The molecule has 0 aromatic carbocycles. The standard InChI is InChI=1S/C9H13FO/c10-9(7-11)6-8-4-2-1-3-5-8/h6-8H,1-5H2/b9-6-. The van der Waals surface area contributed by atoms with Crippen LogP contribution in [-0.4, -0.2) is 6.29 Å². The van der Waals surface area contributed by atoms with Crippen LogP contribution >= 0.6 is 0 Å². The molecule has 0 aromatic rings. The van der Waals surface area contributed by atoms with E-state index < -0.39 is 5.83 Å². The Morgan fingerprint density at radius 2 is 1.91 bits per heavy atom. The van der Waals surface area contributed by atoms with Gasteiger partial charge in [0.25, 0.3) is 0 Å². The van der Waals surface area contributed by atoms with E-state index in [1.807, 2.05) is 0 Å². The first-order chi connectivity index (χ1) is 5.33. The van der Waals surface area contributed by atoms with Crippen LogP contribution in [0.3, 0.4) is 0 Å². The highest BCUT2D eigenvalue weighted by atomic mass is 19.1. The van der Waals surface area contributed by atoms with E-state index in [2.05, 4.69) is 0 Å². The molecule has 0 heterocycles. The Bertz CT molecular complexity index is 157. The lowest BCUT2D eigenvalue weighted by atomic mass is 9.89. The Morgan fingerprint density at radius 3 is 2.45 bits per heavy atom. The summed E-state index contributed by atoms with van der Waals surface area (Å²) < 4.78 is 12.4. The van der Waals surface area contributed by atoms with Gasteiger partial charge in [0.1, 0.15) is 0 Å². The van der Waals surface area contributed by atoms with Gasteiger partial charge in [-0.3, -0.25) is 4.79 Å². The lowest BCUT2D eigenvalue weighted by molar-refractivity contribution is -0.106.